The second-order valence-corrected chi connectivity index (χ2v) is 2.43. The molecule has 1 rings (SSSR count). The Labute approximate surface area is 70.6 Å². The number of esters is 1. The van der Waals surface area contributed by atoms with Crippen LogP contribution >= 0.6 is 0 Å². The molecule has 0 aliphatic rings. The van der Waals surface area contributed by atoms with Gasteiger partial charge in [-0.05, 0) is 19.9 Å². The zero-order valence-electron chi connectivity index (χ0n) is 7.29. The number of methoxy groups -OCH3 is 1. The Balaban J connectivity index is 3.08. The molecule has 1 heterocycles. The Morgan fingerprint density at radius 1 is 1.42 bits per heavy atom. The van der Waals surface area contributed by atoms with Crippen molar-refractivity contribution in [2.75, 3.05) is 7.11 Å². The van der Waals surface area contributed by atoms with Crippen molar-refractivity contribution in [1.29, 1.82) is 0 Å². The molecule has 0 saturated carbocycles. The van der Waals surface area contributed by atoms with Gasteiger partial charge in [0.15, 0.2) is 5.69 Å². The summed E-state index contributed by atoms with van der Waals surface area (Å²) >= 11 is 0. The van der Waals surface area contributed by atoms with Gasteiger partial charge in [-0.3, -0.25) is 0 Å². The summed E-state index contributed by atoms with van der Waals surface area (Å²) in [7, 11) is 1.33. The zero-order chi connectivity index (χ0) is 9.14. The molecule has 64 valence electrons. The van der Waals surface area contributed by atoms with Crippen LogP contribution < -0.4 is 0 Å². The molecule has 0 fully saturated rings. The van der Waals surface area contributed by atoms with Gasteiger partial charge >= 0.3 is 5.97 Å². The Morgan fingerprint density at radius 2 is 2.08 bits per heavy atom. The van der Waals surface area contributed by atoms with E-state index in [1.165, 1.54) is 7.11 Å². The minimum absolute atomic E-state index is 0.308. The van der Waals surface area contributed by atoms with Crippen LogP contribution in [0, 0.1) is 13.8 Å². The van der Waals surface area contributed by atoms with Gasteiger partial charge in [0.05, 0.1) is 7.11 Å². The maximum Gasteiger partial charge on any atom is 0.356 e. The average Bonchev–Trinajstić information content (AvgIpc) is 2.01. The van der Waals surface area contributed by atoms with E-state index in [4.69, 9.17) is 0 Å². The highest BCUT2D eigenvalue weighted by Crippen LogP contribution is 2.00. The van der Waals surface area contributed by atoms with Crippen LogP contribution in [-0.4, -0.2) is 23.0 Å². The van der Waals surface area contributed by atoms with Crippen LogP contribution in [0.15, 0.2) is 6.07 Å². The molecule has 1 aromatic heterocycles. The number of hydrogen-bond acceptors (Lipinski definition) is 4. The summed E-state index contributed by atoms with van der Waals surface area (Å²) < 4.78 is 4.52. The summed E-state index contributed by atoms with van der Waals surface area (Å²) in [5.74, 6) is 0.152. The topological polar surface area (TPSA) is 52.1 Å². The molecule has 0 aliphatic carbocycles. The molecule has 4 nitrogen and oxygen atoms in total. The van der Waals surface area contributed by atoms with Gasteiger partial charge in [0, 0.05) is 5.69 Å². The van der Waals surface area contributed by atoms with E-state index < -0.39 is 5.97 Å². The Morgan fingerprint density at radius 3 is 2.58 bits per heavy atom. The van der Waals surface area contributed by atoms with Crippen molar-refractivity contribution in [2.45, 2.75) is 13.8 Å². The largest absolute Gasteiger partial charge is 0.464 e. The molecule has 0 saturated heterocycles. The Kier molecular flexibility index (Phi) is 2.38. The summed E-state index contributed by atoms with van der Waals surface area (Å²) in [6, 6.07) is 1.60. The molecular formula is C8H10N2O2. The van der Waals surface area contributed by atoms with Crippen LogP contribution in [0.25, 0.3) is 0 Å². The molecule has 0 amide bonds. The number of aryl methyl sites for hydroxylation is 2. The first kappa shape index (κ1) is 8.64. The lowest BCUT2D eigenvalue weighted by atomic mass is 10.3. The first-order chi connectivity index (χ1) is 5.63. The highest BCUT2D eigenvalue weighted by atomic mass is 16.5. The van der Waals surface area contributed by atoms with Crippen molar-refractivity contribution < 1.29 is 9.53 Å². The third-order valence-electron chi connectivity index (χ3n) is 1.36. The number of nitrogens with zero attached hydrogens (tertiary/aromatic N) is 2. The van der Waals surface area contributed by atoms with Gasteiger partial charge in [0.25, 0.3) is 0 Å². The molecule has 4 heteroatoms. The number of carbonyl (C=O) groups excluding carboxylic acids is 1. The maximum absolute atomic E-state index is 11.0. The molecule has 0 unspecified atom stereocenters. The third-order valence-corrected chi connectivity index (χ3v) is 1.36. The van der Waals surface area contributed by atoms with Crippen LogP contribution in [0.5, 0.6) is 0 Å². The van der Waals surface area contributed by atoms with Crippen LogP contribution in [0.2, 0.25) is 0 Å². The Hall–Kier alpha value is -1.45. The van der Waals surface area contributed by atoms with Gasteiger partial charge in [-0.15, -0.1) is 0 Å². The summed E-state index contributed by atoms with van der Waals surface area (Å²) in [6.07, 6.45) is 0. The van der Waals surface area contributed by atoms with E-state index in [1.807, 2.05) is 0 Å². The fourth-order valence-corrected chi connectivity index (χ4v) is 0.926. The summed E-state index contributed by atoms with van der Waals surface area (Å²) in [6.45, 7) is 3.54. The van der Waals surface area contributed by atoms with Gasteiger partial charge in [-0.2, -0.15) is 0 Å². The molecule has 12 heavy (non-hydrogen) atoms. The van der Waals surface area contributed by atoms with Gasteiger partial charge < -0.3 is 4.74 Å². The number of rotatable bonds is 1. The minimum atomic E-state index is -0.427. The highest BCUT2D eigenvalue weighted by Gasteiger charge is 2.07. The molecule has 0 atom stereocenters. The highest BCUT2D eigenvalue weighted by molar-refractivity contribution is 5.87. The zero-order valence-corrected chi connectivity index (χ0v) is 7.29. The van der Waals surface area contributed by atoms with Crippen LogP contribution in [-0.2, 0) is 4.74 Å². The fourth-order valence-electron chi connectivity index (χ4n) is 0.926. The first-order valence-electron chi connectivity index (χ1n) is 3.54. The molecule has 0 aromatic carbocycles. The summed E-state index contributed by atoms with van der Waals surface area (Å²) in [4.78, 5) is 19.0. The van der Waals surface area contributed by atoms with E-state index in [0.717, 1.165) is 5.69 Å². The quantitative estimate of drug-likeness (QED) is 0.581. The molecule has 0 spiro atoms. The maximum atomic E-state index is 11.0. The van der Waals surface area contributed by atoms with E-state index in [9.17, 15) is 4.79 Å². The van der Waals surface area contributed by atoms with Crippen molar-refractivity contribution in [1.82, 2.24) is 9.97 Å². The van der Waals surface area contributed by atoms with Gasteiger partial charge in [0.1, 0.15) is 5.82 Å². The first-order valence-corrected chi connectivity index (χ1v) is 3.54. The van der Waals surface area contributed by atoms with Crippen LogP contribution in [0.1, 0.15) is 22.0 Å². The normalized spacial score (nSPS) is 9.58. The molecular weight excluding hydrogens is 156 g/mol. The fraction of sp³-hybridized carbons (Fsp3) is 0.375. The van der Waals surface area contributed by atoms with E-state index in [-0.39, 0.29) is 0 Å². The molecule has 1 aromatic rings. The van der Waals surface area contributed by atoms with Crippen molar-refractivity contribution in [3.63, 3.8) is 0 Å². The lowest BCUT2D eigenvalue weighted by Gasteiger charge is -2.00. The predicted octanol–water partition coefficient (Wildman–Crippen LogP) is 0.880. The number of aromatic nitrogens is 2. The Bertz CT molecular complexity index is 290. The second kappa shape index (κ2) is 3.30. The van der Waals surface area contributed by atoms with Crippen molar-refractivity contribution in [2.24, 2.45) is 0 Å². The molecule has 0 aliphatic heterocycles. The number of carbonyl (C=O) groups is 1. The lowest BCUT2D eigenvalue weighted by molar-refractivity contribution is 0.0593. The second-order valence-electron chi connectivity index (χ2n) is 2.43. The molecule has 0 radical (unpaired) electrons. The minimum Gasteiger partial charge on any atom is -0.464 e. The van der Waals surface area contributed by atoms with Crippen LogP contribution in [0.3, 0.4) is 0 Å². The van der Waals surface area contributed by atoms with E-state index in [0.29, 0.717) is 11.5 Å². The summed E-state index contributed by atoms with van der Waals surface area (Å²) in [5, 5.41) is 0. The number of hydrogen-bond donors (Lipinski definition) is 0. The standard InChI is InChI=1S/C8H10N2O2/c1-5-4-7(8(11)12-3)10-6(2)9-5/h4H,1-3H3. The number of ether oxygens (including phenoxy) is 1. The van der Waals surface area contributed by atoms with E-state index in [2.05, 4.69) is 14.7 Å². The van der Waals surface area contributed by atoms with Crippen molar-refractivity contribution >= 4 is 5.97 Å². The third kappa shape index (κ3) is 1.78. The van der Waals surface area contributed by atoms with Crippen LogP contribution in [0.4, 0.5) is 0 Å². The van der Waals surface area contributed by atoms with Gasteiger partial charge in [0.2, 0.25) is 0 Å². The average molecular weight is 166 g/mol. The van der Waals surface area contributed by atoms with E-state index >= 15 is 0 Å². The van der Waals surface area contributed by atoms with Gasteiger partial charge in [-0.1, -0.05) is 0 Å². The molecule has 0 N–H and O–H groups in total. The van der Waals surface area contributed by atoms with Crippen molar-refractivity contribution in [3.05, 3.63) is 23.3 Å². The SMILES string of the molecule is COC(=O)c1cc(C)nc(C)n1. The van der Waals surface area contributed by atoms with E-state index in [1.54, 1.807) is 19.9 Å². The monoisotopic (exact) mass is 166 g/mol. The molecule has 0 bridgehead atoms. The summed E-state index contributed by atoms with van der Waals surface area (Å²) in [5.41, 5.74) is 1.07. The van der Waals surface area contributed by atoms with Crippen molar-refractivity contribution in [3.8, 4) is 0 Å². The smallest absolute Gasteiger partial charge is 0.356 e. The van der Waals surface area contributed by atoms with Gasteiger partial charge in [-0.25, -0.2) is 14.8 Å². The predicted molar refractivity (Wildman–Crippen MR) is 42.8 cm³/mol. The lowest BCUT2D eigenvalue weighted by Crippen LogP contribution is -2.06.